The molecule has 7 heteroatoms. The summed E-state index contributed by atoms with van der Waals surface area (Å²) >= 11 is 7.17. The first-order valence-corrected chi connectivity index (χ1v) is 11.5. The number of aryl methyl sites for hydroxylation is 1. The van der Waals surface area contributed by atoms with Crippen LogP contribution in [-0.2, 0) is 17.9 Å². The molecule has 2 amide bonds. The lowest BCUT2D eigenvalue weighted by atomic mass is 10.1. The van der Waals surface area contributed by atoms with E-state index in [0.717, 1.165) is 28.5 Å². The van der Waals surface area contributed by atoms with Crippen LogP contribution in [0.2, 0.25) is 5.02 Å². The average Bonchev–Trinajstić information content (AvgIpc) is 3.07. The molecule has 0 saturated carbocycles. The van der Waals surface area contributed by atoms with E-state index < -0.39 is 0 Å². The third-order valence-corrected chi connectivity index (χ3v) is 6.46. The minimum atomic E-state index is -0.328. The molecule has 1 aliphatic rings. The van der Waals surface area contributed by atoms with E-state index in [9.17, 15) is 9.59 Å². The van der Waals surface area contributed by atoms with E-state index in [4.69, 9.17) is 21.1 Å². The van der Waals surface area contributed by atoms with Crippen LogP contribution in [0.25, 0.3) is 6.08 Å². The molecule has 0 unspecified atom stereocenters. The number of carbonyl (C=O) groups is 2. The SMILES string of the molecule is COc1cccc(/C=C2\SC(=O)N(Cc3ccc(C)cc3)C2=O)c1OCc1ccccc1Cl. The summed E-state index contributed by atoms with van der Waals surface area (Å²) in [5, 5.41) is 0.305. The summed E-state index contributed by atoms with van der Waals surface area (Å²) in [5.41, 5.74) is 3.49. The topological polar surface area (TPSA) is 55.8 Å². The first-order chi connectivity index (χ1) is 16.0. The number of nitrogens with zero attached hydrogens (tertiary/aromatic N) is 1. The number of hydrogen-bond donors (Lipinski definition) is 0. The molecular weight excluding hydrogens is 458 g/mol. The molecule has 0 aromatic heterocycles. The number of benzene rings is 3. The second-order valence-corrected chi connectivity index (χ2v) is 8.91. The molecule has 168 valence electrons. The lowest BCUT2D eigenvalue weighted by molar-refractivity contribution is -0.123. The van der Waals surface area contributed by atoms with Gasteiger partial charge in [-0.05, 0) is 42.5 Å². The Labute approximate surface area is 202 Å². The van der Waals surface area contributed by atoms with Crippen molar-refractivity contribution in [1.29, 1.82) is 0 Å². The van der Waals surface area contributed by atoms with E-state index in [1.807, 2.05) is 61.5 Å². The summed E-state index contributed by atoms with van der Waals surface area (Å²) in [5.74, 6) is 0.672. The van der Waals surface area contributed by atoms with Gasteiger partial charge in [0, 0.05) is 16.1 Å². The summed E-state index contributed by atoms with van der Waals surface area (Å²) in [7, 11) is 1.55. The number of thioether (sulfide) groups is 1. The van der Waals surface area contributed by atoms with Crippen molar-refractivity contribution in [3.05, 3.63) is 98.9 Å². The fourth-order valence-corrected chi connectivity index (χ4v) is 4.40. The van der Waals surface area contributed by atoms with Crippen LogP contribution in [0, 0.1) is 6.92 Å². The summed E-state index contributed by atoms with van der Waals surface area (Å²) in [6.45, 7) is 2.46. The van der Waals surface area contributed by atoms with Gasteiger partial charge in [-0.2, -0.15) is 0 Å². The molecule has 3 aromatic rings. The van der Waals surface area contributed by atoms with Crippen molar-refractivity contribution in [2.24, 2.45) is 0 Å². The van der Waals surface area contributed by atoms with Crippen molar-refractivity contribution in [1.82, 2.24) is 4.90 Å². The van der Waals surface area contributed by atoms with E-state index >= 15 is 0 Å². The van der Waals surface area contributed by atoms with Gasteiger partial charge in [0.25, 0.3) is 11.1 Å². The minimum absolute atomic E-state index is 0.232. The number of imide groups is 1. The molecule has 33 heavy (non-hydrogen) atoms. The fraction of sp³-hybridized carbons (Fsp3) is 0.154. The van der Waals surface area contributed by atoms with Crippen LogP contribution >= 0.6 is 23.4 Å². The van der Waals surface area contributed by atoms with Gasteiger partial charge in [-0.1, -0.05) is 71.8 Å². The van der Waals surface area contributed by atoms with Crippen LogP contribution in [0.15, 0.2) is 71.6 Å². The number of para-hydroxylation sites is 1. The van der Waals surface area contributed by atoms with Gasteiger partial charge in [-0.15, -0.1) is 0 Å². The van der Waals surface area contributed by atoms with Crippen molar-refractivity contribution in [3.63, 3.8) is 0 Å². The van der Waals surface area contributed by atoms with E-state index in [1.54, 1.807) is 25.3 Å². The first-order valence-electron chi connectivity index (χ1n) is 10.3. The van der Waals surface area contributed by atoms with Gasteiger partial charge in [0.1, 0.15) is 6.61 Å². The summed E-state index contributed by atoms with van der Waals surface area (Å²) in [6, 6.07) is 20.6. The highest BCUT2D eigenvalue weighted by Crippen LogP contribution is 2.38. The number of halogens is 1. The minimum Gasteiger partial charge on any atom is -0.493 e. The Hall–Kier alpha value is -3.22. The highest BCUT2D eigenvalue weighted by molar-refractivity contribution is 8.18. The summed E-state index contributed by atoms with van der Waals surface area (Å²) in [6.07, 6.45) is 1.67. The molecule has 5 nitrogen and oxygen atoms in total. The predicted molar refractivity (Wildman–Crippen MR) is 131 cm³/mol. The molecular formula is C26H22ClNO4S. The Morgan fingerprint density at radius 2 is 1.76 bits per heavy atom. The molecule has 0 N–H and O–H groups in total. The van der Waals surface area contributed by atoms with Crippen molar-refractivity contribution >= 4 is 40.6 Å². The van der Waals surface area contributed by atoms with Crippen LogP contribution < -0.4 is 9.47 Å². The van der Waals surface area contributed by atoms with Crippen LogP contribution in [-0.4, -0.2) is 23.2 Å². The lowest BCUT2D eigenvalue weighted by Crippen LogP contribution is -2.27. The van der Waals surface area contributed by atoms with Gasteiger partial charge in [-0.3, -0.25) is 14.5 Å². The lowest BCUT2D eigenvalue weighted by Gasteiger charge is -2.14. The summed E-state index contributed by atoms with van der Waals surface area (Å²) in [4.78, 5) is 27.2. The van der Waals surface area contributed by atoms with E-state index in [-0.39, 0.29) is 24.3 Å². The third kappa shape index (κ3) is 5.24. The second-order valence-electron chi connectivity index (χ2n) is 7.51. The zero-order valence-electron chi connectivity index (χ0n) is 18.2. The molecule has 1 heterocycles. The fourth-order valence-electron chi connectivity index (χ4n) is 3.38. The number of carbonyl (C=O) groups excluding carboxylic acids is 2. The molecule has 1 aliphatic heterocycles. The highest BCUT2D eigenvalue weighted by atomic mass is 35.5. The Bertz CT molecular complexity index is 1220. The van der Waals surface area contributed by atoms with Gasteiger partial charge in [0.15, 0.2) is 11.5 Å². The maximum Gasteiger partial charge on any atom is 0.293 e. The van der Waals surface area contributed by atoms with Crippen LogP contribution in [0.3, 0.4) is 0 Å². The molecule has 4 rings (SSSR count). The second kappa shape index (κ2) is 10.1. The molecule has 3 aromatic carbocycles. The predicted octanol–water partition coefficient (Wildman–Crippen LogP) is 6.47. The summed E-state index contributed by atoms with van der Waals surface area (Å²) < 4.78 is 11.5. The van der Waals surface area contributed by atoms with E-state index in [1.165, 1.54) is 4.90 Å². The molecule has 0 bridgehead atoms. The monoisotopic (exact) mass is 479 g/mol. The average molecular weight is 480 g/mol. The molecule has 0 radical (unpaired) electrons. The zero-order valence-corrected chi connectivity index (χ0v) is 19.8. The van der Waals surface area contributed by atoms with Crippen LogP contribution in [0.1, 0.15) is 22.3 Å². The Balaban J connectivity index is 1.59. The number of ether oxygens (including phenoxy) is 2. The van der Waals surface area contributed by atoms with Gasteiger partial charge in [0.2, 0.25) is 0 Å². The standard InChI is InChI=1S/C26H22ClNO4S/c1-17-10-12-18(13-11-17)15-28-25(29)23(33-26(28)30)14-19-7-5-9-22(31-2)24(19)32-16-20-6-3-4-8-21(20)27/h3-14H,15-16H2,1-2H3/b23-14-. The van der Waals surface area contributed by atoms with Crippen LogP contribution in [0.5, 0.6) is 11.5 Å². The highest BCUT2D eigenvalue weighted by Gasteiger charge is 2.35. The van der Waals surface area contributed by atoms with Crippen LogP contribution in [0.4, 0.5) is 4.79 Å². The van der Waals surface area contributed by atoms with Crippen molar-refractivity contribution in [3.8, 4) is 11.5 Å². The van der Waals surface area contributed by atoms with Gasteiger partial charge < -0.3 is 9.47 Å². The van der Waals surface area contributed by atoms with Gasteiger partial charge >= 0.3 is 0 Å². The van der Waals surface area contributed by atoms with Crippen molar-refractivity contribution < 1.29 is 19.1 Å². The molecule has 0 aliphatic carbocycles. The maximum absolute atomic E-state index is 13.0. The molecule has 1 saturated heterocycles. The Kier molecular flexibility index (Phi) is 7.06. The molecule has 0 atom stereocenters. The smallest absolute Gasteiger partial charge is 0.293 e. The maximum atomic E-state index is 13.0. The van der Waals surface area contributed by atoms with Crippen molar-refractivity contribution in [2.75, 3.05) is 7.11 Å². The molecule has 0 spiro atoms. The number of amides is 2. The third-order valence-electron chi connectivity index (χ3n) is 5.18. The van der Waals surface area contributed by atoms with Gasteiger partial charge in [-0.25, -0.2) is 0 Å². The van der Waals surface area contributed by atoms with E-state index in [0.29, 0.717) is 27.0 Å². The normalized spacial score (nSPS) is 14.8. The number of rotatable bonds is 7. The quantitative estimate of drug-likeness (QED) is 0.363. The number of hydrogen-bond acceptors (Lipinski definition) is 5. The van der Waals surface area contributed by atoms with E-state index in [2.05, 4.69) is 0 Å². The zero-order chi connectivity index (χ0) is 23.4. The first kappa shape index (κ1) is 23.0. The largest absolute Gasteiger partial charge is 0.493 e. The molecule has 1 fully saturated rings. The van der Waals surface area contributed by atoms with Crippen molar-refractivity contribution in [2.45, 2.75) is 20.1 Å². The Morgan fingerprint density at radius 1 is 1.00 bits per heavy atom. The number of methoxy groups -OCH3 is 1. The Morgan fingerprint density at radius 3 is 2.48 bits per heavy atom. The van der Waals surface area contributed by atoms with Gasteiger partial charge in [0.05, 0.1) is 18.6 Å².